The maximum atomic E-state index is 11.7. The Morgan fingerprint density at radius 3 is 2.46 bits per heavy atom. The SMILES string of the molecule is NC(=O)C1CCC(n2c(Nc3c(Cl)cc(Cl)cc3Cl)nc3cnc(N[C@H]4COC[C@H]4O)nc32)CC1. The van der Waals surface area contributed by atoms with Gasteiger partial charge in [-0.1, -0.05) is 34.8 Å². The van der Waals surface area contributed by atoms with Gasteiger partial charge in [-0.2, -0.15) is 4.98 Å². The van der Waals surface area contributed by atoms with Crippen LogP contribution in [-0.4, -0.2) is 55.9 Å². The largest absolute Gasteiger partial charge is 0.388 e. The second kappa shape index (κ2) is 9.94. The van der Waals surface area contributed by atoms with Gasteiger partial charge >= 0.3 is 0 Å². The Kier molecular flexibility index (Phi) is 6.91. The number of nitrogens with zero attached hydrogens (tertiary/aromatic N) is 4. The number of hydrogen-bond acceptors (Lipinski definition) is 8. The number of anilines is 3. The van der Waals surface area contributed by atoms with Crippen LogP contribution in [-0.2, 0) is 9.53 Å². The van der Waals surface area contributed by atoms with E-state index in [-0.39, 0.29) is 30.5 Å². The molecule has 186 valence electrons. The topological polar surface area (TPSA) is 140 Å². The highest BCUT2D eigenvalue weighted by atomic mass is 35.5. The fraction of sp³-hybridized carbons (Fsp3) is 0.455. The average molecular weight is 541 g/mol. The van der Waals surface area contributed by atoms with Crippen molar-refractivity contribution in [3.8, 4) is 0 Å². The Balaban J connectivity index is 1.54. The molecule has 1 saturated carbocycles. The van der Waals surface area contributed by atoms with Gasteiger partial charge in [0, 0.05) is 17.0 Å². The van der Waals surface area contributed by atoms with E-state index >= 15 is 0 Å². The van der Waals surface area contributed by atoms with E-state index in [4.69, 9.17) is 55.2 Å². The standard InChI is InChI=1S/C22H24Cl3N7O3/c23-11-5-13(24)18(14(25)6-11)30-22-29-15-7-27-21(28-16-8-35-9-17(16)33)31-20(15)32(22)12-3-1-10(2-4-12)19(26)34/h5-7,10,12,16-17,33H,1-4,8-9H2,(H2,26,34)(H,29,30)(H,27,28,31)/t10?,12?,16-,17+/m0/s1. The summed E-state index contributed by atoms with van der Waals surface area (Å²) in [6.45, 7) is 0.622. The van der Waals surface area contributed by atoms with Crippen molar-refractivity contribution in [3.05, 3.63) is 33.4 Å². The van der Waals surface area contributed by atoms with Gasteiger partial charge in [0.15, 0.2) is 5.65 Å². The van der Waals surface area contributed by atoms with Gasteiger partial charge in [-0.05, 0) is 37.8 Å². The number of aliphatic hydroxyl groups is 1. The Labute approximate surface area is 216 Å². The van der Waals surface area contributed by atoms with Gasteiger partial charge in [-0.15, -0.1) is 0 Å². The molecule has 1 aliphatic carbocycles. The van der Waals surface area contributed by atoms with Gasteiger partial charge in [0.1, 0.15) is 5.52 Å². The number of benzene rings is 1. The second-order valence-corrected chi connectivity index (χ2v) is 10.1. The molecule has 2 fully saturated rings. The lowest BCUT2D eigenvalue weighted by atomic mass is 9.85. The fourth-order valence-corrected chi connectivity index (χ4v) is 5.54. The second-order valence-electron chi connectivity index (χ2n) is 8.84. The molecule has 35 heavy (non-hydrogen) atoms. The number of amides is 1. The monoisotopic (exact) mass is 539 g/mol. The van der Waals surface area contributed by atoms with E-state index in [1.165, 1.54) is 0 Å². The first-order valence-corrected chi connectivity index (χ1v) is 12.4. The highest BCUT2D eigenvalue weighted by Gasteiger charge is 2.30. The van der Waals surface area contributed by atoms with Crippen LogP contribution >= 0.6 is 34.8 Å². The Morgan fingerprint density at radius 1 is 1.11 bits per heavy atom. The van der Waals surface area contributed by atoms with E-state index < -0.39 is 6.10 Å². The first-order chi connectivity index (χ1) is 16.8. The molecule has 1 aliphatic heterocycles. The van der Waals surface area contributed by atoms with Gasteiger partial charge in [0.2, 0.25) is 17.8 Å². The zero-order valence-electron chi connectivity index (χ0n) is 18.5. The van der Waals surface area contributed by atoms with Crippen LogP contribution in [0, 0.1) is 5.92 Å². The molecule has 0 radical (unpaired) electrons. The molecule has 1 amide bonds. The summed E-state index contributed by atoms with van der Waals surface area (Å²) in [6.07, 6.45) is 3.76. The zero-order chi connectivity index (χ0) is 24.7. The van der Waals surface area contributed by atoms with Gasteiger partial charge in [0.25, 0.3) is 0 Å². The van der Waals surface area contributed by atoms with Crippen molar-refractivity contribution in [1.29, 1.82) is 0 Å². The maximum Gasteiger partial charge on any atom is 0.225 e. The van der Waals surface area contributed by atoms with E-state index in [1.807, 2.05) is 4.57 Å². The maximum absolute atomic E-state index is 11.7. The van der Waals surface area contributed by atoms with Gasteiger partial charge in [0.05, 0.1) is 47.3 Å². The predicted octanol–water partition coefficient (Wildman–Crippen LogP) is 3.92. The Hall–Kier alpha value is -2.37. The number of carbonyl (C=O) groups is 1. The molecule has 0 unspecified atom stereocenters. The number of aromatic nitrogens is 4. The van der Waals surface area contributed by atoms with Crippen molar-refractivity contribution in [2.24, 2.45) is 11.7 Å². The molecular formula is C22H24Cl3N7O3. The van der Waals surface area contributed by atoms with Crippen LogP contribution in [0.4, 0.5) is 17.6 Å². The zero-order valence-corrected chi connectivity index (χ0v) is 20.8. The third-order valence-electron chi connectivity index (χ3n) is 6.51. The third kappa shape index (κ3) is 4.99. The number of carbonyl (C=O) groups excluding carboxylic acids is 1. The number of aliphatic hydroxyl groups excluding tert-OH is 1. The molecule has 0 spiro atoms. The minimum atomic E-state index is -0.644. The molecule has 13 heteroatoms. The third-order valence-corrected chi connectivity index (χ3v) is 7.32. The molecule has 2 atom stereocenters. The number of primary amides is 1. The molecule has 3 heterocycles. The fourth-order valence-electron chi connectivity index (χ4n) is 4.63. The quantitative estimate of drug-likeness (QED) is 0.369. The van der Waals surface area contributed by atoms with Crippen molar-refractivity contribution < 1.29 is 14.6 Å². The number of ether oxygens (including phenoxy) is 1. The first-order valence-electron chi connectivity index (χ1n) is 11.3. The summed E-state index contributed by atoms with van der Waals surface area (Å²) >= 11 is 18.9. The molecule has 3 aromatic rings. The average Bonchev–Trinajstić information content (AvgIpc) is 3.38. The first kappa shape index (κ1) is 24.3. The van der Waals surface area contributed by atoms with Crippen LogP contribution < -0.4 is 16.4 Å². The summed E-state index contributed by atoms with van der Waals surface area (Å²) in [5, 5.41) is 17.6. The molecule has 2 aromatic heterocycles. The van der Waals surface area contributed by atoms with E-state index in [9.17, 15) is 9.90 Å². The van der Waals surface area contributed by atoms with Crippen molar-refractivity contribution >= 4 is 69.5 Å². The van der Waals surface area contributed by atoms with Crippen molar-refractivity contribution in [2.45, 2.75) is 43.9 Å². The lowest BCUT2D eigenvalue weighted by molar-refractivity contribution is -0.122. The van der Waals surface area contributed by atoms with E-state index in [0.717, 1.165) is 12.8 Å². The number of nitrogens with two attached hydrogens (primary N) is 1. The number of imidazole rings is 1. The van der Waals surface area contributed by atoms with Crippen LogP contribution in [0.5, 0.6) is 0 Å². The van der Waals surface area contributed by atoms with Crippen molar-refractivity contribution in [1.82, 2.24) is 19.5 Å². The van der Waals surface area contributed by atoms with E-state index in [2.05, 4.69) is 15.6 Å². The minimum Gasteiger partial charge on any atom is -0.388 e. The number of rotatable bonds is 6. The molecule has 5 N–H and O–H groups in total. The summed E-state index contributed by atoms with van der Waals surface area (Å²) in [5.41, 5.74) is 7.18. The smallest absolute Gasteiger partial charge is 0.225 e. The number of hydrogen-bond donors (Lipinski definition) is 4. The summed E-state index contributed by atoms with van der Waals surface area (Å²) in [6, 6.07) is 2.89. The normalized spacial score (nSPS) is 24.6. The van der Waals surface area contributed by atoms with Crippen LogP contribution in [0.25, 0.3) is 11.2 Å². The highest BCUT2D eigenvalue weighted by molar-refractivity contribution is 6.41. The van der Waals surface area contributed by atoms with E-state index in [0.29, 0.717) is 63.3 Å². The van der Waals surface area contributed by atoms with Crippen LogP contribution in [0.3, 0.4) is 0 Å². The van der Waals surface area contributed by atoms with Crippen molar-refractivity contribution in [2.75, 3.05) is 23.8 Å². The van der Waals surface area contributed by atoms with E-state index in [1.54, 1.807) is 18.3 Å². The molecule has 1 saturated heterocycles. The number of fused-ring (bicyclic) bond motifs is 1. The van der Waals surface area contributed by atoms with Gasteiger partial charge < -0.3 is 26.2 Å². The molecule has 10 nitrogen and oxygen atoms in total. The van der Waals surface area contributed by atoms with Gasteiger partial charge in [-0.3, -0.25) is 9.36 Å². The van der Waals surface area contributed by atoms with Gasteiger partial charge in [-0.25, -0.2) is 9.97 Å². The van der Waals surface area contributed by atoms with Crippen LogP contribution in [0.15, 0.2) is 18.3 Å². The molecule has 5 rings (SSSR count). The lowest BCUT2D eigenvalue weighted by Crippen LogP contribution is -2.32. The van der Waals surface area contributed by atoms with Crippen molar-refractivity contribution in [3.63, 3.8) is 0 Å². The van der Waals surface area contributed by atoms with Crippen LogP contribution in [0.2, 0.25) is 15.1 Å². The highest BCUT2D eigenvalue weighted by Crippen LogP contribution is 2.40. The molecule has 1 aromatic carbocycles. The molecular weight excluding hydrogens is 517 g/mol. The minimum absolute atomic E-state index is 0.00565. The summed E-state index contributed by atoms with van der Waals surface area (Å²) in [4.78, 5) is 25.5. The predicted molar refractivity (Wildman–Crippen MR) is 135 cm³/mol. The summed E-state index contributed by atoms with van der Waals surface area (Å²) < 4.78 is 7.30. The Morgan fingerprint density at radius 2 is 1.83 bits per heavy atom. The molecule has 0 bridgehead atoms. The number of nitrogens with one attached hydrogen (secondary N) is 2. The lowest BCUT2D eigenvalue weighted by Gasteiger charge is -2.29. The Bertz CT molecular complexity index is 1240. The summed E-state index contributed by atoms with van der Waals surface area (Å²) in [7, 11) is 0. The van der Waals surface area contributed by atoms with Crippen LogP contribution in [0.1, 0.15) is 31.7 Å². The molecule has 2 aliphatic rings. The summed E-state index contributed by atoms with van der Waals surface area (Å²) in [5.74, 6) is 0.425. The number of halogens is 3.